The fraction of sp³-hybridized carbons (Fsp3) is 0.258. The molecule has 2 aromatic heterocycles. The van der Waals surface area contributed by atoms with Crippen molar-refractivity contribution in [3.63, 3.8) is 0 Å². The van der Waals surface area contributed by atoms with Gasteiger partial charge in [-0.2, -0.15) is 0 Å². The highest BCUT2D eigenvalue weighted by atomic mass is 32.2. The molecule has 198 valence electrons. The largest absolute Gasteiger partial charge is 0.391 e. The third kappa shape index (κ3) is 6.04. The Kier molecular flexibility index (Phi) is 7.97. The summed E-state index contributed by atoms with van der Waals surface area (Å²) in [5, 5.41) is 11.6. The number of β-amino-alcohol motifs (C(OH)–C–C–N with tert-alkyl or cyclic N) is 1. The van der Waals surface area contributed by atoms with Gasteiger partial charge >= 0.3 is 0 Å². The molecule has 2 atom stereocenters. The molecule has 0 bridgehead atoms. The van der Waals surface area contributed by atoms with Crippen molar-refractivity contribution in [2.75, 3.05) is 38.5 Å². The molecule has 6 rings (SSSR count). The summed E-state index contributed by atoms with van der Waals surface area (Å²) in [5.74, 6) is 0.575. The summed E-state index contributed by atoms with van der Waals surface area (Å²) in [6, 6.07) is 30.5. The summed E-state index contributed by atoms with van der Waals surface area (Å²) in [5.41, 5.74) is 6.57. The van der Waals surface area contributed by atoms with E-state index in [9.17, 15) is 5.11 Å². The van der Waals surface area contributed by atoms with E-state index in [4.69, 9.17) is 0 Å². The Hall–Kier alpha value is -3.56. The van der Waals surface area contributed by atoms with Gasteiger partial charge in [-0.3, -0.25) is 9.80 Å². The number of nitrogens with zero attached hydrogens (tertiary/aromatic N) is 5. The molecular weight excluding hydrogens is 504 g/mol. The molecule has 1 fully saturated rings. The quantitative estimate of drug-likeness (QED) is 0.205. The van der Waals surface area contributed by atoms with Gasteiger partial charge in [-0.05, 0) is 22.3 Å². The number of aromatic amines is 1. The van der Waals surface area contributed by atoms with Gasteiger partial charge in [-0.1, -0.05) is 84.9 Å². The number of aliphatic hydroxyl groups excluding tert-OH is 1. The maximum absolute atomic E-state index is 10.8. The van der Waals surface area contributed by atoms with Crippen LogP contribution in [0, 0.1) is 0 Å². The Morgan fingerprint density at radius 2 is 1.44 bits per heavy atom. The van der Waals surface area contributed by atoms with Crippen molar-refractivity contribution in [1.29, 1.82) is 0 Å². The molecule has 1 aliphatic heterocycles. The fourth-order valence-electron chi connectivity index (χ4n) is 5.32. The number of piperazine rings is 1. The van der Waals surface area contributed by atoms with Gasteiger partial charge in [-0.25, -0.2) is 15.0 Å². The van der Waals surface area contributed by atoms with Crippen LogP contribution in [0.25, 0.3) is 22.3 Å². The van der Waals surface area contributed by atoms with Crippen LogP contribution < -0.4 is 0 Å². The van der Waals surface area contributed by atoms with E-state index in [1.807, 2.05) is 0 Å². The molecule has 1 aliphatic rings. The lowest BCUT2D eigenvalue weighted by Crippen LogP contribution is -2.49. The molecule has 39 heavy (non-hydrogen) atoms. The first-order valence-electron chi connectivity index (χ1n) is 13.4. The lowest BCUT2D eigenvalue weighted by molar-refractivity contribution is 0.0708. The van der Waals surface area contributed by atoms with E-state index < -0.39 is 6.10 Å². The van der Waals surface area contributed by atoms with Crippen LogP contribution in [0.2, 0.25) is 0 Å². The van der Waals surface area contributed by atoms with E-state index in [1.165, 1.54) is 28.6 Å². The van der Waals surface area contributed by atoms with Crippen molar-refractivity contribution in [1.82, 2.24) is 29.7 Å². The molecule has 3 aromatic carbocycles. The van der Waals surface area contributed by atoms with Gasteiger partial charge in [0, 0.05) is 38.5 Å². The monoisotopic (exact) mass is 536 g/mol. The number of benzene rings is 3. The second-order valence-corrected chi connectivity index (χ2v) is 10.9. The van der Waals surface area contributed by atoms with Crippen LogP contribution in [-0.2, 0) is 0 Å². The molecule has 2 unspecified atom stereocenters. The Balaban J connectivity index is 1.09. The second-order valence-electron chi connectivity index (χ2n) is 9.88. The topological polar surface area (TPSA) is 81.2 Å². The molecule has 2 N–H and O–H groups in total. The Labute approximate surface area is 233 Å². The minimum atomic E-state index is -0.440. The molecule has 0 aliphatic carbocycles. The van der Waals surface area contributed by atoms with Gasteiger partial charge in [0.1, 0.15) is 16.9 Å². The molecule has 8 heteroatoms. The van der Waals surface area contributed by atoms with Crippen LogP contribution in [0.4, 0.5) is 0 Å². The summed E-state index contributed by atoms with van der Waals surface area (Å²) in [6.45, 7) is 4.39. The van der Waals surface area contributed by atoms with Gasteiger partial charge in [0.15, 0.2) is 5.65 Å². The fourth-order valence-corrected chi connectivity index (χ4v) is 6.19. The summed E-state index contributed by atoms with van der Waals surface area (Å²) in [6.07, 6.45) is 2.71. The third-order valence-electron chi connectivity index (χ3n) is 7.29. The summed E-state index contributed by atoms with van der Waals surface area (Å²) in [7, 11) is 0. The average molecular weight is 537 g/mol. The zero-order valence-electron chi connectivity index (χ0n) is 21.7. The number of fused-ring (bicyclic) bond motifs is 1. The minimum Gasteiger partial charge on any atom is -0.391 e. The highest BCUT2D eigenvalue weighted by Crippen LogP contribution is 2.31. The van der Waals surface area contributed by atoms with E-state index in [0.717, 1.165) is 36.7 Å². The van der Waals surface area contributed by atoms with Crippen molar-refractivity contribution in [3.8, 4) is 11.1 Å². The molecule has 0 saturated carbocycles. The zero-order valence-corrected chi connectivity index (χ0v) is 22.5. The highest BCUT2D eigenvalue weighted by molar-refractivity contribution is 7.99. The predicted molar refractivity (Wildman–Crippen MR) is 157 cm³/mol. The predicted octanol–water partition coefficient (Wildman–Crippen LogP) is 4.88. The Morgan fingerprint density at radius 3 is 2.18 bits per heavy atom. The molecule has 1 saturated heterocycles. The van der Waals surface area contributed by atoms with Crippen molar-refractivity contribution >= 4 is 22.9 Å². The summed E-state index contributed by atoms with van der Waals surface area (Å²) < 4.78 is 0. The van der Waals surface area contributed by atoms with E-state index in [1.54, 1.807) is 18.1 Å². The first-order valence-corrected chi connectivity index (χ1v) is 14.3. The van der Waals surface area contributed by atoms with Crippen LogP contribution >= 0.6 is 11.8 Å². The SMILES string of the molecule is OC(CSc1ncnc2nc[nH]c12)CN1CCN(C(c2ccccc2)c2ccc(-c3ccccc3)cc2)CC1. The smallest absolute Gasteiger partial charge is 0.181 e. The first-order chi connectivity index (χ1) is 19.2. The maximum Gasteiger partial charge on any atom is 0.181 e. The molecule has 0 spiro atoms. The van der Waals surface area contributed by atoms with Crippen LogP contribution in [0.15, 0.2) is 103 Å². The van der Waals surface area contributed by atoms with Crippen molar-refractivity contribution in [3.05, 3.63) is 109 Å². The van der Waals surface area contributed by atoms with Gasteiger partial charge in [-0.15, -0.1) is 11.8 Å². The van der Waals surface area contributed by atoms with Crippen LogP contribution in [0.5, 0.6) is 0 Å². The van der Waals surface area contributed by atoms with Crippen molar-refractivity contribution in [2.45, 2.75) is 17.2 Å². The maximum atomic E-state index is 10.8. The van der Waals surface area contributed by atoms with Gasteiger partial charge in [0.25, 0.3) is 0 Å². The Morgan fingerprint density at radius 1 is 0.769 bits per heavy atom. The van der Waals surface area contributed by atoms with E-state index >= 15 is 0 Å². The summed E-state index contributed by atoms with van der Waals surface area (Å²) in [4.78, 5) is 20.7. The molecule has 5 aromatic rings. The van der Waals surface area contributed by atoms with Crippen molar-refractivity contribution in [2.24, 2.45) is 0 Å². The molecule has 7 nitrogen and oxygen atoms in total. The number of aliphatic hydroxyl groups is 1. The standard InChI is InChI=1S/C31H32N6OS/c38-27(20-39-31-28-30(33-21-32-28)34-22-35-31)19-36-15-17-37(18-16-36)29(25-9-5-2-6-10-25)26-13-11-24(12-14-26)23-7-3-1-4-8-23/h1-14,21-22,27,29,38H,15-20H2,(H,32,33,34,35). The molecular formula is C31H32N6OS. The van der Waals surface area contributed by atoms with Gasteiger partial charge in [0.05, 0.1) is 18.5 Å². The average Bonchev–Trinajstić information content (AvgIpc) is 3.48. The highest BCUT2D eigenvalue weighted by Gasteiger charge is 2.27. The number of rotatable bonds is 9. The number of aromatic nitrogens is 4. The lowest BCUT2D eigenvalue weighted by atomic mass is 9.94. The summed E-state index contributed by atoms with van der Waals surface area (Å²) >= 11 is 1.54. The second kappa shape index (κ2) is 12.1. The van der Waals surface area contributed by atoms with Crippen LogP contribution in [0.1, 0.15) is 17.2 Å². The molecule has 0 amide bonds. The number of hydrogen-bond donors (Lipinski definition) is 2. The molecule has 0 radical (unpaired) electrons. The normalized spacial score (nSPS) is 16.3. The first kappa shape index (κ1) is 25.7. The zero-order chi connectivity index (χ0) is 26.4. The number of thioether (sulfide) groups is 1. The Bertz CT molecular complexity index is 1470. The number of H-pyrrole nitrogens is 1. The van der Waals surface area contributed by atoms with Gasteiger partial charge in [0.2, 0.25) is 0 Å². The number of hydrogen-bond acceptors (Lipinski definition) is 7. The number of imidazole rings is 1. The molecule has 3 heterocycles. The van der Waals surface area contributed by atoms with E-state index in [2.05, 4.69) is 115 Å². The van der Waals surface area contributed by atoms with Crippen LogP contribution in [-0.4, -0.2) is 79.4 Å². The number of nitrogens with one attached hydrogen (secondary N) is 1. The van der Waals surface area contributed by atoms with Crippen molar-refractivity contribution < 1.29 is 5.11 Å². The minimum absolute atomic E-state index is 0.202. The van der Waals surface area contributed by atoms with Crippen LogP contribution in [0.3, 0.4) is 0 Å². The van der Waals surface area contributed by atoms with Gasteiger partial charge < -0.3 is 10.1 Å². The van der Waals surface area contributed by atoms with E-state index in [0.29, 0.717) is 17.9 Å². The van der Waals surface area contributed by atoms with E-state index in [-0.39, 0.29) is 6.04 Å². The third-order valence-corrected chi connectivity index (χ3v) is 8.42. The lowest BCUT2D eigenvalue weighted by Gasteiger charge is -2.40.